The fraction of sp³-hybridized carbons (Fsp3) is 0.941. The highest BCUT2D eigenvalue weighted by Gasteiger charge is 2.44. The number of carbonyl (C=O) groups excluding carboxylic acids is 1. The average Bonchev–Trinajstić information content (AvgIpc) is 2.73. The molecular weight excluding hydrogens is 282 g/mol. The van der Waals surface area contributed by atoms with Crippen molar-refractivity contribution in [3.63, 3.8) is 0 Å². The Morgan fingerprint density at radius 3 is 2.14 bits per heavy atom. The zero-order valence-corrected chi connectivity index (χ0v) is 14.1. The van der Waals surface area contributed by atoms with Crippen molar-refractivity contribution in [3.8, 4) is 0 Å². The van der Waals surface area contributed by atoms with E-state index >= 15 is 0 Å². The first-order chi connectivity index (χ1) is 10.6. The lowest BCUT2D eigenvalue weighted by molar-refractivity contribution is -0.490. The third-order valence-corrected chi connectivity index (χ3v) is 4.71. The van der Waals surface area contributed by atoms with Crippen molar-refractivity contribution < 1.29 is 14.5 Å². The van der Waals surface area contributed by atoms with E-state index in [1.54, 1.807) is 6.92 Å². The van der Waals surface area contributed by atoms with Gasteiger partial charge in [0.1, 0.15) is 6.10 Å². The summed E-state index contributed by atoms with van der Waals surface area (Å²) in [6.45, 7) is 3.81. The number of unbranched alkanes of at least 4 members (excludes halogenated alkanes) is 8. The van der Waals surface area contributed by atoms with Crippen molar-refractivity contribution in [2.75, 3.05) is 6.54 Å². The van der Waals surface area contributed by atoms with Crippen LogP contribution in [0.25, 0.3) is 0 Å². The molecule has 1 aliphatic rings. The molecule has 0 spiro atoms. The first kappa shape index (κ1) is 18.9. The highest BCUT2D eigenvalue weighted by molar-refractivity contribution is 5.74. The largest absolute Gasteiger partial charge is 0.462 e. The van der Waals surface area contributed by atoms with E-state index in [0.29, 0.717) is 0 Å². The smallest absolute Gasteiger partial charge is 0.309 e. The van der Waals surface area contributed by atoms with Gasteiger partial charge in [0.15, 0.2) is 0 Å². The molecule has 0 unspecified atom stereocenters. The molecule has 5 nitrogen and oxygen atoms in total. The quantitative estimate of drug-likeness (QED) is 0.232. The van der Waals surface area contributed by atoms with Gasteiger partial charge in [-0.15, -0.1) is 0 Å². The number of carbonyl (C=O) groups is 1. The fourth-order valence-corrected chi connectivity index (χ4v) is 3.22. The van der Waals surface area contributed by atoms with E-state index in [1.807, 2.05) is 0 Å². The third kappa shape index (κ3) is 6.75. The van der Waals surface area contributed by atoms with Gasteiger partial charge in [0, 0.05) is 4.92 Å². The first-order valence-corrected chi connectivity index (χ1v) is 8.88. The van der Waals surface area contributed by atoms with Crippen LogP contribution in [0.5, 0.6) is 0 Å². The van der Waals surface area contributed by atoms with Crippen molar-refractivity contribution in [3.05, 3.63) is 10.1 Å². The van der Waals surface area contributed by atoms with Crippen LogP contribution in [0.15, 0.2) is 0 Å². The molecule has 1 rings (SSSR count). The summed E-state index contributed by atoms with van der Waals surface area (Å²) < 4.78 is 5.32. The maximum Gasteiger partial charge on any atom is 0.309 e. The summed E-state index contributed by atoms with van der Waals surface area (Å²) in [5.41, 5.74) is 0. The zero-order chi connectivity index (χ0) is 16.4. The van der Waals surface area contributed by atoms with Gasteiger partial charge >= 0.3 is 5.97 Å². The maximum atomic E-state index is 11.6. The molecule has 0 amide bonds. The number of nitrogens with zero attached hydrogens (tertiary/aromatic N) is 1. The molecule has 0 N–H and O–H groups in total. The lowest BCUT2D eigenvalue weighted by Crippen LogP contribution is -2.27. The summed E-state index contributed by atoms with van der Waals surface area (Å²) in [6.07, 6.45) is 11.7. The fourth-order valence-electron chi connectivity index (χ4n) is 3.22. The molecule has 0 saturated carbocycles. The number of hydrogen-bond acceptors (Lipinski definition) is 4. The van der Waals surface area contributed by atoms with Gasteiger partial charge in [-0.05, 0) is 12.8 Å². The Balaban J connectivity index is 2.12. The van der Waals surface area contributed by atoms with E-state index in [2.05, 4.69) is 6.92 Å². The van der Waals surface area contributed by atoms with Crippen molar-refractivity contribution in [2.24, 2.45) is 11.8 Å². The maximum absolute atomic E-state index is 11.6. The first-order valence-electron chi connectivity index (χ1n) is 8.88. The average molecular weight is 313 g/mol. The van der Waals surface area contributed by atoms with Crippen molar-refractivity contribution in [1.29, 1.82) is 0 Å². The van der Waals surface area contributed by atoms with E-state index < -0.39 is 0 Å². The number of nitro groups is 1. The van der Waals surface area contributed by atoms with E-state index in [1.165, 1.54) is 44.9 Å². The van der Waals surface area contributed by atoms with Gasteiger partial charge in [0.05, 0.1) is 11.8 Å². The predicted octanol–water partition coefficient (Wildman–Crippen LogP) is 4.36. The molecule has 1 saturated heterocycles. The Hall–Kier alpha value is -1.13. The van der Waals surface area contributed by atoms with E-state index in [0.717, 1.165) is 19.3 Å². The number of esters is 1. The molecule has 0 radical (unpaired) electrons. The van der Waals surface area contributed by atoms with Gasteiger partial charge in [0.2, 0.25) is 6.54 Å². The molecule has 5 heteroatoms. The van der Waals surface area contributed by atoms with Crippen molar-refractivity contribution in [2.45, 2.75) is 84.2 Å². The molecule has 128 valence electrons. The van der Waals surface area contributed by atoms with Crippen LogP contribution in [0.4, 0.5) is 0 Å². The van der Waals surface area contributed by atoms with Crippen LogP contribution < -0.4 is 0 Å². The SMILES string of the molecule is CCCCCCCCCCC[C@@H]1OC(=O)[C@H](C)[C@H]1C[N+](=O)[O-]. The third-order valence-electron chi connectivity index (χ3n) is 4.71. The minimum atomic E-state index is -0.339. The molecule has 1 aliphatic heterocycles. The Morgan fingerprint density at radius 2 is 1.59 bits per heavy atom. The van der Waals surface area contributed by atoms with Crippen LogP contribution in [-0.4, -0.2) is 23.5 Å². The number of cyclic esters (lactones) is 1. The predicted molar refractivity (Wildman–Crippen MR) is 86.2 cm³/mol. The second kappa shape index (κ2) is 10.6. The molecule has 0 aromatic heterocycles. The Bertz CT molecular complexity index is 346. The van der Waals surface area contributed by atoms with Gasteiger partial charge in [-0.2, -0.15) is 0 Å². The van der Waals surface area contributed by atoms with Gasteiger partial charge in [0.25, 0.3) is 0 Å². The van der Waals surface area contributed by atoms with E-state index in [9.17, 15) is 14.9 Å². The van der Waals surface area contributed by atoms with Crippen LogP contribution in [0, 0.1) is 22.0 Å². The van der Waals surface area contributed by atoms with Crippen molar-refractivity contribution >= 4 is 5.97 Å². The summed E-state index contributed by atoms with van der Waals surface area (Å²) >= 11 is 0. The molecule has 0 aromatic carbocycles. The number of hydrogen-bond donors (Lipinski definition) is 0. The topological polar surface area (TPSA) is 69.4 Å². The monoisotopic (exact) mass is 313 g/mol. The minimum absolute atomic E-state index is 0.158. The number of ether oxygens (including phenoxy) is 1. The van der Waals surface area contributed by atoms with Gasteiger partial charge < -0.3 is 4.74 Å². The minimum Gasteiger partial charge on any atom is -0.462 e. The van der Waals surface area contributed by atoms with E-state index in [-0.39, 0.29) is 35.4 Å². The Morgan fingerprint density at radius 1 is 1.05 bits per heavy atom. The molecule has 0 bridgehead atoms. The van der Waals surface area contributed by atoms with Crippen LogP contribution in [0.1, 0.15) is 78.1 Å². The zero-order valence-electron chi connectivity index (χ0n) is 14.1. The Kier molecular flexibility index (Phi) is 9.09. The van der Waals surface area contributed by atoms with Crippen LogP contribution in [0.3, 0.4) is 0 Å². The summed E-state index contributed by atoms with van der Waals surface area (Å²) in [5.74, 6) is -0.863. The molecule has 0 aliphatic carbocycles. The molecule has 1 heterocycles. The lowest BCUT2D eigenvalue weighted by Gasteiger charge is -2.15. The summed E-state index contributed by atoms with van der Waals surface area (Å²) in [5, 5.41) is 10.7. The molecule has 3 atom stereocenters. The summed E-state index contributed by atoms with van der Waals surface area (Å²) in [4.78, 5) is 22.0. The standard InChI is InChI=1S/C17H31NO4/c1-3-4-5-6-7-8-9-10-11-12-16-15(13-18(20)21)14(2)17(19)22-16/h14-16H,3-13H2,1-2H3/t14-,15-,16+/m1/s1. The second-order valence-electron chi connectivity index (χ2n) is 6.56. The van der Waals surface area contributed by atoms with Crippen molar-refractivity contribution in [1.82, 2.24) is 0 Å². The van der Waals surface area contributed by atoms with Gasteiger partial charge in [-0.25, -0.2) is 0 Å². The molecule has 0 aromatic rings. The van der Waals surface area contributed by atoms with Crippen LogP contribution in [-0.2, 0) is 9.53 Å². The van der Waals surface area contributed by atoms with Crippen LogP contribution in [0.2, 0.25) is 0 Å². The highest BCUT2D eigenvalue weighted by Crippen LogP contribution is 2.31. The highest BCUT2D eigenvalue weighted by atomic mass is 16.6. The molecule has 1 fully saturated rings. The van der Waals surface area contributed by atoms with Gasteiger partial charge in [-0.3, -0.25) is 14.9 Å². The van der Waals surface area contributed by atoms with E-state index in [4.69, 9.17) is 4.74 Å². The Labute approximate surface area is 134 Å². The second-order valence-corrected chi connectivity index (χ2v) is 6.56. The summed E-state index contributed by atoms with van der Waals surface area (Å²) in [6, 6.07) is 0. The van der Waals surface area contributed by atoms with Gasteiger partial charge in [-0.1, -0.05) is 65.2 Å². The normalized spacial score (nSPS) is 24.5. The summed E-state index contributed by atoms with van der Waals surface area (Å²) in [7, 11) is 0. The molecule has 22 heavy (non-hydrogen) atoms. The van der Waals surface area contributed by atoms with Crippen LogP contribution >= 0.6 is 0 Å². The molecular formula is C17H31NO4. The number of rotatable bonds is 12. The lowest BCUT2D eigenvalue weighted by atomic mass is 9.89.